The van der Waals surface area contributed by atoms with Crippen molar-refractivity contribution in [3.63, 3.8) is 0 Å². The van der Waals surface area contributed by atoms with Gasteiger partial charge in [0.1, 0.15) is 5.82 Å². The summed E-state index contributed by atoms with van der Waals surface area (Å²) in [7, 11) is 0. The van der Waals surface area contributed by atoms with Crippen LogP contribution in [0.25, 0.3) is 0 Å². The minimum atomic E-state index is -0.552. The fraction of sp³-hybridized carbons (Fsp3) is 0.0714. The number of hydrogen-bond acceptors (Lipinski definition) is 3. The molecule has 0 aromatic heterocycles. The Morgan fingerprint density at radius 2 is 2.05 bits per heavy atom. The minimum Gasteiger partial charge on any atom is -0.326 e. The van der Waals surface area contributed by atoms with E-state index in [9.17, 15) is 19.3 Å². The molecule has 0 heterocycles. The average molecular weight is 353 g/mol. The van der Waals surface area contributed by atoms with Crippen molar-refractivity contribution in [3.8, 4) is 0 Å². The first-order chi connectivity index (χ1) is 9.95. The number of carbonyl (C=O) groups is 1. The number of nitro benzene ring substituents is 1. The Labute approximate surface area is 128 Å². The lowest BCUT2D eigenvalue weighted by Gasteiger charge is -2.06. The van der Waals surface area contributed by atoms with Gasteiger partial charge in [-0.25, -0.2) is 4.39 Å². The average Bonchev–Trinajstić information content (AvgIpc) is 2.43. The lowest BCUT2D eigenvalue weighted by molar-refractivity contribution is -0.384. The number of nitro groups is 1. The molecule has 0 bridgehead atoms. The maximum atomic E-state index is 13.5. The first-order valence-electron chi connectivity index (χ1n) is 5.94. The van der Waals surface area contributed by atoms with Crippen molar-refractivity contribution in [2.24, 2.45) is 0 Å². The number of nitrogens with one attached hydrogen (secondary N) is 1. The number of carbonyl (C=O) groups excluding carboxylic acids is 1. The summed E-state index contributed by atoms with van der Waals surface area (Å²) in [6.45, 7) is 0. The molecule has 108 valence electrons. The van der Waals surface area contributed by atoms with Crippen LogP contribution in [-0.2, 0) is 11.2 Å². The maximum absolute atomic E-state index is 13.5. The van der Waals surface area contributed by atoms with Crippen molar-refractivity contribution >= 4 is 33.2 Å². The summed E-state index contributed by atoms with van der Waals surface area (Å²) in [5, 5.41) is 13.2. The second kappa shape index (κ2) is 6.45. The van der Waals surface area contributed by atoms with Crippen LogP contribution in [0.15, 0.2) is 46.9 Å². The number of amides is 1. The summed E-state index contributed by atoms with van der Waals surface area (Å²) >= 11 is 3.21. The van der Waals surface area contributed by atoms with Crippen molar-refractivity contribution in [2.45, 2.75) is 6.42 Å². The van der Waals surface area contributed by atoms with Gasteiger partial charge in [-0.3, -0.25) is 14.9 Å². The molecule has 0 fully saturated rings. The van der Waals surface area contributed by atoms with E-state index in [1.54, 1.807) is 0 Å². The van der Waals surface area contributed by atoms with Crippen LogP contribution in [0, 0.1) is 15.9 Å². The summed E-state index contributed by atoms with van der Waals surface area (Å²) in [4.78, 5) is 22.0. The van der Waals surface area contributed by atoms with Crippen molar-refractivity contribution < 1.29 is 14.1 Å². The van der Waals surface area contributed by atoms with E-state index in [0.717, 1.165) is 0 Å². The van der Waals surface area contributed by atoms with Crippen LogP contribution in [0.1, 0.15) is 5.56 Å². The van der Waals surface area contributed by atoms with Gasteiger partial charge in [-0.2, -0.15) is 0 Å². The Bertz CT molecular complexity index is 706. The highest BCUT2D eigenvalue weighted by Crippen LogP contribution is 2.19. The molecule has 0 atom stereocenters. The molecule has 2 aromatic carbocycles. The van der Waals surface area contributed by atoms with Gasteiger partial charge < -0.3 is 5.32 Å². The number of anilines is 1. The van der Waals surface area contributed by atoms with E-state index in [4.69, 9.17) is 0 Å². The second-order valence-corrected chi connectivity index (χ2v) is 5.18. The Morgan fingerprint density at radius 3 is 2.76 bits per heavy atom. The van der Waals surface area contributed by atoms with Gasteiger partial charge in [-0.1, -0.05) is 22.0 Å². The Hall–Kier alpha value is -2.28. The number of non-ortho nitro benzene ring substituents is 1. The minimum absolute atomic E-state index is 0.124. The Kier molecular flexibility index (Phi) is 4.64. The van der Waals surface area contributed by atoms with Crippen molar-refractivity contribution in [1.29, 1.82) is 0 Å². The molecule has 21 heavy (non-hydrogen) atoms. The topological polar surface area (TPSA) is 72.2 Å². The van der Waals surface area contributed by atoms with Crippen LogP contribution < -0.4 is 5.32 Å². The molecular formula is C14H10BrFN2O3. The van der Waals surface area contributed by atoms with Crippen molar-refractivity contribution in [1.82, 2.24) is 0 Å². The first-order valence-corrected chi connectivity index (χ1v) is 6.73. The third-order valence-corrected chi connectivity index (χ3v) is 3.19. The normalized spacial score (nSPS) is 10.2. The monoisotopic (exact) mass is 352 g/mol. The SMILES string of the molecule is O=C(Cc1cc(Br)ccc1F)Nc1cccc([N+](=O)[O-])c1. The number of nitrogens with zero attached hydrogens (tertiary/aromatic N) is 1. The van der Waals surface area contributed by atoms with E-state index in [1.165, 1.54) is 42.5 Å². The van der Waals surface area contributed by atoms with Gasteiger partial charge in [0, 0.05) is 22.3 Å². The largest absolute Gasteiger partial charge is 0.326 e. The molecule has 0 saturated heterocycles. The van der Waals surface area contributed by atoms with Gasteiger partial charge in [-0.15, -0.1) is 0 Å². The lowest BCUT2D eigenvalue weighted by atomic mass is 10.1. The first kappa shape index (κ1) is 15.1. The summed E-state index contributed by atoms with van der Waals surface area (Å²) in [5.74, 6) is -0.931. The highest BCUT2D eigenvalue weighted by Gasteiger charge is 2.11. The predicted molar refractivity (Wildman–Crippen MR) is 79.5 cm³/mol. The van der Waals surface area contributed by atoms with Gasteiger partial charge in [0.05, 0.1) is 11.3 Å². The Balaban J connectivity index is 2.10. The summed E-state index contributed by atoms with van der Waals surface area (Å²) in [6, 6.07) is 9.88. The maximum Gasteiger partial charge on any atom is 0.271 e. The zero-order chi connectivity index (χ0) is 15.4. The molecule has 2 aromatic rings. The third-order valence-electron chi connectivity index (χ3n) is 2.70. The lowest BCUT2D eigenvalue weighted by Crippen LogP contribution is -2.15. The highest BCUT2D eigenvalue weighted by molar-refractivity contribution is 9.10. The van der Waals surface area contributed by atoms with Gasteiger partial charge >= 0.3 is 0 Å². The molecule has 0 radical (unpaired) electrons. The quantitative estimate of drug-likeness (QED) is 0.673. The molecule has 1 amide bonds. The van der Waals surface area contributed by atoms with E-state index < -0.39 is 16.6 Å². The van der Waals surface area contributed by atoms with E-state index in [0.29, 0.717) is 10.2 Å². The van der Waals surface area contributed by atoms with Gasteiger partial charge in [0.15, 0.2) is 0 Å². The van der Waals surface area contributed by atoms with Gasteiger partial charge in [0.25, 0.3) is 5.69 Å². The van der Waals surface area contributed by atoms with Crippen LogP contribution in [0.2, 0.25) is 0 Å². The van der Waals surface area contributed by atoms with Crippen molar-refractivity contribution in [2.75, 3.05) is 5.32 Å². The summed E-state index contributed by atoms with van der Waals surface area (Å²) < 4.78 is 14.2. The van der Waals surface area contributed by atoms with Gasteiger partial charge in [-0.05, 0) is 29.8 Å². The molecule has 1 N–H and O–H groups in total. The number of benzene rings is 2. The van der Waals surface area contributed by atoms with Crippen LogP contribution in [-0.4, -0.2) is 10.8 Å². The zero-order valence-corrected chi connectivity index (χ0v) is 12.3. The van der Waals surface area contributed by atoms with Gasteiger partial charge in [0.2, 0.25) is 5.91 Å². The van der Waals surface area contributed by atoms with Crippen LogP contribution in [0.5, 0.6) is 0 Å². The Morgan fingerprint density at radius 1 is 1.29 bits per heavy atom. The zero-order valence-electron chi connectivity index (χ0n) is 10.7. The molecule has 0 spiro atoms. The molecule has 0 aliphatic carbocycles. The molecule has 0 saturated carbocycles. The molecule has 7 heteroatoms. The fourth-order valence-electron chi connectivity index (χ4n) is 1.75. The molecule has 0 aliphatic rings. The molecule has 0 aliphatic heterocycles. The van der Waals surface area contributed by atoms with E-state index in [2.05, 4.69) is 21.2 Å². The van der Waals surface area contributed by atoms with Crippen LogP contribution in [0.3, 0.4) is 0 Å². The molecule has 5 nitrogen and oxygen atoms in total. The standard InChI is InChI=1S/C14H10BrFN2O3/c15-10-4-5-13(16)9(6-10)7-14(19)17-11-2-1-3-12(8-11)18(20)21/h1-6,8H,7H2,(H,17,19). The smallest absolute Gasteiger partial charge is 0.271 e. The second-order valence-electron chi connectivity index (χ2n) is 4.27. The molecule has 2 rings (SSSR count). The molecular weight excluding hydrogens is 343 g/mol. The number of rotatable bonds is 4. The number of halogens is 2. The number of hydrogen-bond donors (Lipinski definition) is 1. The van der Waals surface area contributed by atoms with Crippen LogP contribution >= 0.6 is 15.9 Å². The third kappa shape index (κ3) is 4.09. The highest BCUT2D eigenvalue weighted by atomic mass is 79.9. The summed E-state index contributed by atoms with van der Waals surface area (Å²) in [6.07, 6.45) is -0.159. The van der Waals surface area contributed by atoms with E-state index in [-0.39, 0.29) is 17.7 Å². The molecule has 0 unspecified atom stereocenters. The predicted octanol–water partition coefficient (Wildman–Crippen LogP) is 3.68. The van der Waals surface area contributed by atoms with Crippen molar-refractivity contribution in [3.05, 3.63) is 68.4 Å². The summed E-state index contributed by atoms with van der Waals surface area (Å²) in [5.41, 5.74) is 0.415. The van der Waals surface area contributed by atoms with Crippen LogP contribution in [0.4, 0.5) is 15.8 Å². The van der Waals surface area contributed by atoms with E-state index >= 15 is 0 Å². The fourth-order valence-corrected chi connectivity index (χ4v) is 2.16. The van der Waals surface area contributed by atoms with E-state index in [1.807, 2.05) is 0 Å².